The van der Waals surface area contributed by atoms with Gasteiger partial charge in [0, 0.05) is 6.54 Å². The fourth-order valence-electron chi connectivity index (χ4n) is 0.902. The standard InChI is InChI=1S/C8H18N2O4S/c1-3-14-8(11)7-15(12,13)10-6-4-5-9-2/h9-10H,3-7H2,1-2H3. The average molecular weight is 238 g/mol. The van der Waals surface area contributed by atoms with E-state index in [1.165, 1.54) is 0 Å². The van der Waals surface area contributed by atoms with E-state index in [0.29, 0.717) is 13.0 Å². The van der Waals surface area contributed by atoms with Gasteiger partial charge in [-0.2, -0.15) is 0 Å². The lowest BCUT2D eigenvalue weighted by atomic mass is 10.4. The third-order valence-corrected chi connectivity index (χ3v) is 2.80. The van der Waals surface area contributed by atoms with Crippen molar-refractivity contribution in [3.8, 4) is 0 Å². The molecule has 0 amide bonds. The highest BCUT2D eigenvalue weighted by atomic mass is 32.2. The molecule has 2 N–H and O–H groups in total. The fraction of sp³-hybridized carbons (Fsp3) is 0.875. The zero-order chi connectivity index (χ0) is 11.7. The van der Waals surface area contributed by atoms with Gasteiger partial charge < -0.3 is 10.1 Å². The van der Waals surface area contributed by atoms with Gasteiger partial charge >= 0.3 is 5.97 Å². The molecule has 0 spiro atoms. The Morgan fingerprint density at radius 3 is 2.53 bits per heavy atom. The molecule has 0 aromatic carbocycles. The maximum absolute atomic E-state index is 11.2. The van der Waals surface area contributed by atoms with Gasteiger partial charge in [-0.05, 0) is 26.9 Å². The number of carbonyl (C=O) groups is 1. The van der Waals surface area contributed by atoms with Gasteiger partial charge in [0.25, 0.3) is 0 Å². The van der Waals surface area contributed by atoms with Gasteiger partial charge in [0.1, 0.15) is 0 Å². The molecule has 0 aromatic rings. The minimum atomic E-state index is -3.54. The maximum atomic E-state index is 11.2. The van der Waals surface area contributed by atoms with Crippen LogP contribution in [-0.4, -0.2) is 46.9 Å². The second-order valence-corrected chi connectivity index (χ2v) is 4.72. The zero-order valence-electron chi connectivity index (χ0n) is 9.08. The summed E-state index contributed by atoms with van der Waals surface area (Å²) in [6.07, 6.45) is 0.679. The van der Waals surface area contributed by atoms with E-state index in [1.54, 1.807) is 14.0 Å². The molecular formula is C8H18N2O4S. The number of esters is 1. The number of hydrogen-bond acceptors (Lipinski definition) is 5. The first-order chi connectivity index (χ1) is 7.02. The van der Waals surface area contributed by atoms with Crippen LogP contribution in [0.2, 0.25) is 0 Å². The number of rotatable bonds is 8. The molecule has 0 aromatic heterocycles. The highest BCUT2D eigenvalue weighted by Gasteiger charge is 2.16. The number of hydrogen-bond donors (Lipinski definition) is 2. The van der Waals surface area contributed by atoms with Crippen LogP contribution in [0, 0.1) is 0 Å². The van der Waals surface area contributed by atoms with Crippen LogP contribution in [0.25, 0.3) is 0 Å². The monoisotopic (exact) mass is 238 g/mol. The van der Waals surface area contributed by atoms with Gasteiger partial charge in [0.05, 0.1) is 6.61 Å². The Kier molecular flexibility index (Phi) is 7.27. The first-order valence-electron chi connectivity index (χ1n) is 4.79. The lowest BCUT2D eigenvalue weighted by Gasteiger charge is -2.05. The van der Waals surface area contributed by atoms with Gasteiger partial charge in [-0.1, -0.05) is 0 Å². The molecule has 15 heavy (non-hydrogen) atoms. The predicted octanol–water partition coefficient (Wildman–Crippen LogP) is -0.922. The summed E-state index contributed by atoms with van der Waals surface area (Å²) in [6, 6.07) is 0. The van der Waals surface area contributed by atoms with E-state index in [9.17, 15) is 13.2 Å². The summed E-state index contributed by atoms with van der Waals surface area (Å²) in [4.78, 5) is 10.9. The van der Waals surface area contributed by atoms with Crippen molar-refractivity contribution in [2.75, 3.05) is 32.5 Å². The molecule has 7 heteroatoms. The molecular weight excluding hydrogens is 220 g/mol. The highest BCUT2D eigenvalue weighted by Crippen LogP contribution is 1.88. The van der Waals surface area contributed by atoms with Crippen molar-refractivity contribution in [1.29, 1.82) is 0 Å². The van der Waals surface area contributed by atoms with Crippen LogP contribution < -0.4 is 10.0 Å². The quantitative estimate of drug-likeness (QED) is 0.422. The number of carbonyl (C=O) groups excluding carboxylic acids is 1. The SMILES string of the molecule is CCOC(=O)CS(=O)(=O)NCCCNC. The molecule has 0 heterocycles. The van der Waals surface area contributed by atoms with E-state index in [4.69, 9.17) is 0 Å². The van der Waals surface area contributed by atoms with Gasteiger partial charge in [0.15, 0.2) is 5.75 Å². The Hall–Kier alpha value is -0.660. The molecule has 0 unspecified atom stereocenters. The van der Waals surface area contributed by atoms with Crippen molar-refractivity contribution in [3.63, 3.8) is 0 Å². The topological polar surface area (TPSA) is 84.5 Å². The molecule has 0 aliphatic heterocycles. The van der Waals surface area contributed by atoms with E-state index in [2.05, 4.69) is 14.8 Å². The van der Waals surface area contributed by atoms with E-state index in [-0.39, 0.29) is 6.61 Å². The molecule has 0 saturated heterocycles. The van der Waals surface area contributed by atoms with Crippen LogP contribution >= 0.6 is 0 Å². The number of ether oxygens (including phenoxy) is 1. The summed E-state index contributed by atoms with van der Waals surface area (Å²) < 4.78 is 29.3. The normalized spacial score (nSPS) is 11.3. The third-order valence-electron chi connectivity index (χ3n) is 1.54. The smallest absolute Gasteiger partial charge is 0.322 e. The van der Waals surface area contributed by atoms with Gasteiger partial charge in [-0.15, -0.1) is 0 Å². The van der Waals surface area contributed by atoms with Crippen molar-refractivity contribution in [2.24, 2.45) is 0 Å². The van der Waals surface area contributed by atoms with Crippen LogP contribution in [0.15, 0.2) is 0 Å². The maximum Gasteiger partial charge on any atom is 0.322 e. The van der Waals surface area contributed by atoms with Gasteiger partial charge in [0.2, 0.25) is 10.0 Å². The molecule has 0 atom stereocenters. The molecule has 0 aliphatic rings. The summed E-state index contributed by atoms with van der Waals surface area (Å²) >= 11 is 0. The van der Waals surface area contributed by atoms with E-state index in [1.807, 2.05) is 0 Å². The van der Waals surface area contributed by atoms with Crippen molar-refractivity contribution in [3.05, 3.63) is 0 Å². The lowest BCUT2D eigenvalue weighted by Crippen LogP contribution is -2.32. The number of nitrogens with one attached hydrogen (secondary N) is 2. The predicted molar refractivity (Wildman–Crippen MR) is 57.0 cm³/mol. The minimum absolute atomic E-state index is 0.189. The minimum Gasteiger partial charge on any atom is -0.465 e. The van der Waals surface area contributed by atoms with Gasteiger partial charge in [-0.25, -0.2) is 13.1 Å². The van der Waals surface area contributed by atoms with Crippen LogP contribution in [0.3, 0.4) is 0 Å². The Balaban J connectivity index is 3.82. The molecule has 6 nitrogen and oxygen atoms in total. The molecule has 90 valence electrons. The van der Waals surface area contributed by atoms with Crippen molar-refractivity contribution in [1.82, 2.24) is 10.0 Å². The van der Waals surface area contributed by atoms with Crippen LogP contribution in [0.4, 0.5) is 0 Å². The molecule has 0 saturated carbocycles. The Bertz CT molecular complexity index is 276. The Labute approximate surface area is 90.4 Å². The van der Waals surface area contributed by atoms with Gasteiger partial charge in [-0.3, -0.25) is 4.79 Å². The lowest BCUT2D eigenvalue weighted by molar-refractivity contribution is -0.139. The van der Waals surface area contributed by atoms with E-state index in [0.717, 1.165) is 6.54 Å². The van der Waals surface area contributed by atoms with E-state index < -0.39 is 21.7 Å². The summed E-state index contributed by atoms with van der Waals surface area (Å²) in [5.74, 6) is -1.33. The third kappa shape index (κ3) is 8.34. The van der Waals surface area contributed by atoms with Crippen LogP contribution in [0.5, 0.6) is 0 Å². The molecule has 0 fully saturated rings. The Morgan fingerprint density at radius 1 is 1.33 bits per heavy atom. The van der Waals surface area contributed by atoms with Crippen molar-refractivity contribution >= 4 is 16.0 Å². The zero-order valence-corrected chi connectivity index (χ0v) is 9.89. The van der Waals surface area contributed by atoms with Crippen LogP contribution in [-0.2, 0) is 19.6 Å². The van der Waals surface area contributed by atoms with E-state index >= 15 is 0 Å². The van der Waals surface area contributed by atoms with Crippen molar-refractivity contribution < 1.29 is 17.9 Å². The fourth-order valence-corrected chi connectivity index (χ4v) is 1.85. The molecule has 0 aliphatic carbocycles. The first kappa shape index (κ1) is 14.3. The average Bonchev–Trinajstić information content (AvgIpc) is 2.12. The molecule has 0 rings (SSSR count). The number of sulfonamides is 1. The second-order valence-electron chi connectivity index (χ2n) is 2.92. The Morgan fingerprint density at radius 2 is 2.00 bits per heavy atom. The van der Waals surface area contributed by atoms with Crippen LogP contribution in [0.1, 0.15) is 13.3 Å². The first-order valence-corrected chi connectivity index (χ1v) is 6.44. The largest absolute Gasteiger partial charge is 0.465 e. The molecule has 0 radical (unpaired) electrons. The summed E-state index contributed by atoms with van der Waals surface area (Å²) in [5, 5.41) is 2.89. The second kappa shape index (κ2) is 7.61. The highest BCUT2D eigenvalue weighted by molar-refractivity contribution is 7.90. The summed E-state index contributed by atoms with van der Waals surface area (Å²) in [6.45, 7) is 2.86. The summed E-state index contributed by atoms with van der Waals surface area (Å²) in [5.41, 5.74) is 0. The van der Waals surface area contributed by atoms with Crippen molar-refractivity contribution in [2.45, 2.75) is 13.3 Å². The summed E-state index contributed by atoms with van der Waals surface area (Å²) in [7, 11) is -1.75. The molecule has 0 bridgehead atoms.